The Kier molecular flexibility index (Phi) is 5.04. The number of hydrogen-bond acceptors (Lipinski definition) is 2. The summed E-state index contributed by atoms with van der Waals surface area (Å²) in [5, 5.41) is 2.70. The molecule has 0 spiro atoms. The summed E-state index contributed by atoms with van der Waals surface area (Å²) in [5.41, 5.74) is 2.91. The third kappa shape index (κ3) is 4.25. The number of hydrogen-bond donors (Lipinski definition) is 1. The summed E-state index contributed by atoms with van der Waals surface area (Å²) in [6, 6.07) is 11.4. The summed E-state index contributed by atoms with van der Waals surface area (Å²) >= 11 is 0. The van der Waals surface area contributed by atoms with Crippen LogP contribution in [-0.2, 0) is 4.79 Å². The Bertz CT molecular complexity index is 693. The maximum Gasteiger partial charge on any atom is 0.224 e. The van der Waals surface area contributed by atoms with Gasteiger partial charge >= 0.3 is 0 Å². The molecular weight excluding hydrogens is 281 g/mol. The van der Waals surface area contributed by atoms with Gasteiger partial charge in [-0.2, -0.15) is 0 Å². The van der Waals surface area contributed by atoms with Crippen molar-refractivity contribution in [1.29, 1.82) is 0 Å². The van der Waals surface area contributed by atoms with Gasteiger partial charge in [0.25, 0.3) is 0 Å². The Morgan fingerprint density at radius 2 is 1.68 bits per heavy atom. The summed E-state index contributed by atoms with van der Waals surface area (Å²) in [6.45, 7) is 3.67. The number of halogens is 1. The normalized spacial score (nSPS) is 10.3. The van der Waals surface area contributed by atoms with Gasteiger partial charge in [-0.05, 0) is 37.6 Å². The van der Waals surface area contributed by atoms with Crippen LogP contribution in [-0.4, -0.2) is 11.7 Å². The van der Waals surface area contributed by atoms with Crippen molar-refractivity contribution in [3.8, 4) is 0 Å². The standard InChI is InChI=1S/C18H18FNO2/c1-12-3-5-14(6-4-12)17(21)9-10-18(22)20-16-8-7-15(19)11-13(16)2/h3-8,11H,9-10H2,1-2H3,(H,20,22). The third-order valence-electron chi connectivity index (χ3n) is 3.42. The molecule has 0 fully saturated rings. The summed E-state index contributed by atoms with van der Waals surface area (Å²) in [6.07, 6.45) is 0.249. The minimum Gasteiger partial charge on any atom is -0.326 e. The largest absolute Gasteiger partial charge is 0.326 e. The lowest BCUT2D eigenvalue weighted by Gasteiger charge is -2.08. The molecule has 0 saturated heterocycles. The number of anilines is 1. The lowest BCUT2D eigenvalue weighted by atomic mass is 10.0. The fraction of sp³-hybridized carbons (Fsp3) is 0.222. The highest BCUT2D eigenvalue weighted by atomic mass is 19.1. The van der Waals surface area contributed by atoms with Gasteiger partial charge < -0.3 is 5.32 Å². The molecule has 22 heavy (non-hydrogen) atoms. The molecule has 0 saturated carbocycles. The maximum absolute atomic E-state index is 13.0. The second-order valence-corrected chi connectivity index (χ2v) is 5.30. The SMILES string of the molecule is Cc1ccc(C(=O)CCC(=O)Nc2ccc(F)cc2C)cc1. The number of ketones is 1. The van der Waals surface area contributed by atoms with Crippen molar-refractivity contribution in [1.82, 2.24) is 0 Å². The van der Waals surface area contributed by atoms with E-state index in [1.54, 1.807) is 19.1 Å². The Labute approximate surface area is 129 Å². The first-order valence-electron chi connectivity index (χ1n) is 7.11. The first kappa shape index (κ1) is 15.9. The molecule has 0 unspecified atom stereocenters. The second kappa shape index (κ2) is 6.98. The number of rotatable bonds is 5. The minimum absolute atomic E-state index is 0.0639. The number of carbonyl (C=O) groups is 2. The summed E-state index contributed by atoms with van der Waals surface area (Å²) < 4.78 is 13.0. The second-order valence-electron chi connectivity index (χ2n) is 5.30. The molecule has 114 valence electrons. The molecule has 2 rings (SSSR count). The predicted octanol–water partition coefficient (Wildman–Crippen LogP) is 4.04. The van der Waals surface area contributed by atoms with E-state index < -0.39 is 0 Å². The van der Waals surface area contributed by atoms with E-state index in [0.29, 0.717) is 16.8 Å². The highest BCUT2D eigenvalue weighted by molar-refractivity contribution is 6.00. The van der Waals surface area contributed by atoms with Crippen LogP contribution in [0.1, 0.15) is 34.3 Å². The van der Waals surface area contributed by atoms with Crippen LogP contribution < -0.4 is 5.32 Å². The number of benzene rings is 2. The lowest BCUT2D eigenvalue weighted by Crippen LogP contribution is -2.14. The Morgan fingerprint density at radius 1 is 1.00 bits per heavy atom. The van der Waals surface area contributed by atoms with Crippen LogP contribution in [0, 0.1) is 19.7 Å². The van der Waals surface area contributed by atoms with Crippen molar-refractivity contribution >= 4 is 17.4 Å². The third-order valence-corrected chi connectivity index (χ3v) is 3.42. The van der Waals surface area contributed by atoms with Crippen molar-refractivity contribution in [3.05, 3.63) is 65.0 Å². The average molecular weight is 299 g/mol. The Hall–Kier alpha value is -2.49. The maximum atomic E-state index is 13.0. The van der Waals surface area contributed by atoms with Crippen molar-refractivity contribution in [3.63, 3.8) is 0 Å². The lowest BCUT2D eigenvalue weighted by molar-refractivity contribution is -0.116. The van der Waals surface area contributed by atoms with Gasteiger partial charge in [-0.25, -0.2) is 4.39 Å². The summed E-state index contributed by atoms with van der Waals surface area (Å²) in [4.78, 5) is 23.9. The van der Waals surface area contributed by atoms with Crippen LogP contribution in [0.3, 0.4) is 0 Å². The number of nitrogens with one attached hydrogen (secondary N) is 1. The van der Waals surface area contributed by atoms with E-state index in [4.69, 9.17) is 0 Å². The molecule has 0 aromatic heterocycles. The average Bonchev–Trinajstić information content (AvgIpc) is 2.48. The molecule has 0 radical (unpaired) electrons. The molecular formula is C18H18FNO2. The van der Waals surface area contributed by atoms with E-state index in [1.807, 2.05) is 19.1 Å². The molecule has 4 heteroatoms. The van der Waals surface area contributed by atoms with Gasteiger partial charge in [0, 0.05) is 24.1 Å². The Morgan fingerprint density at radius 3 is 2.32 bits per heavy atom. The monoisotopic (exact) mass is 299 g/mol. The summed E-state index contributed by atoms with van der Waals surface area (Å²) in [7, 11) is 0. The number of aryl methyl sites for hydroxylation is 2. The molecule has 0 aliphatic rings. The molecule has 2 aromatic rings. The zero-order valence-electron chi connectivity index (χ0n) is 12.7. The van der Waals surface area contributed by atoms with Crippen molar-refractivity contribution in [2.45, 2.75) is 26.7 Å². The highest BCUT2D eigenvalue weighted by Crippen LogP contribution is 2.16. The molecule has 2 aromatic carbocycles. The zero-order valence-corrected chi connectivity index (χ0v) is 12.7. The van der Waals surface area contributed by atoms with Gasteiger partial charge in [0.05, 0.1) is 0 Å². The molecule has 0 aliphatic heterocycles. The fourth-order valence-corrected chi connectivity index (χ4v) is 2.09. The van der Waals surface area contributed by atoms with E-state index in [0.717, 1.165) is 5.56 Å². The molecule has 1 N–H and O–H groups in total. The molecule has 3 nitrogen and oxygen atoms in total. The van der Waals surface area contributed by atoms with Crippen molar-refractivity contribution < 1.29 is 14.0 Å². The van der Waals surface area contributed by atoms with Crippen molar-refractivity contribution in [2.24, 2.45) is 0 Å². The van der Waals surface area contributed by atoms with E-state index in [-0.39, 0.29) is 30.3 Å². The highest BCUT2D eigenvalue weighted by Gasteiger charge is 2.10. The van der Waals surface area contributed by atoms with Crippen LogP contribution in [0.4, 0.5) is 10.1 Å². The predicted molar refractivity (Wildman–Crippen MR) is 84.5 cm³/mol. The molecule has 0 atom stereocenters. The van der Waals surface area contributed by atoms with E-state index in [9.17, 15) is 14.0 Å². The van der Waals surface area contributed by atoms with Crippen LogP contribution in [0.2, 0.25) is 0 Å². The first-order valence-corrected chi connectivity index (χ1v) is 7.11. The first-order chi connectivity index (χ1) is 10.5. The van der Waals surface area contributed by atoms with Crippen LogP contribution in [0.15, 0.2) is 42.5 Å². The minimum atomic E-state index is -0.343. The van der Waals surface area contributed by atoms with Gasteiger partial charge in [-0.3, -0.25) is 9.59 Å². The van der Waals surface area contributed by atoms with E-state index >= 15 is 0 Å². The summed E-state index contributed by atoms with van der Waals surface area (Å²) in [5.74, 6) is -0.661. The van der Waals surface area contributed by atoms with E-state index in [2.05, 4.69) is 5.32 Å². The number of amides is 1. The molecule has 0 bridgehead atoms. The quantitative estimate of drug-likeness (QED) is 0.847. The fourth-order valence-electron chi connectivity index (χ4n) is 2.09. The van der Waals surface area contributed by atoms with Gasteiger partial charge in [-0.1, -0.05) is 29.8 Å². The van der Waals surface area contributed by atoms with Crippen LogP contribution in [0.25, 0.3) is 0 Å². The molecule has 0 heterocycles. The van der Waals surface area contributed by atoms with Crippen LogP contribution >= 0.6 is 0 Å². The topological polar surface area (TPSA) is 46.2 Å². The Balaban J connectivity index is 1.89. The smallest absolute Gasteiger partial charge is 0.224 e. The van der Waals surface area contributed by atoms with Gasteiger partial charge in [-0.15, -0.1) is 0 Å². The number of Topliss-reactive ketones (excluding diaryl/α,β-unsaturated/α-hetero) is 1. The van der Waals surface area contributed by atoms with Crippen molar-refractivity contribution in [2.75, 3.05) is 5.32 Å². The van der Waals surface area contributed by atoms with E-state index in [1.165, 1.54) is 18.2 Å². The van der Waals surface area contributed by atoms with Gasteiger partial charge in [0.2, 0.25) is 5.91 Å². The number of carbonyl (C=O) groups excluding carboxylic acids is 2. The van der Waals surface area contributed by atoms with Crippen LogP contribution in [0.5, 0.6) is 0 Å². The zero-order chi connectivity index (χ0) is 16.1. The van der Waals surface area contributed by atoms with Gasteiger partial charge in [0.15, 0.2) is 5.78 Å². The molecule has 0 aliphatic carbocycles. The molecule has 1 amide bonds. The van der Waals surface area contributed by atoms with Gasteiger partial charge in [0.1, 0.15) is 5.82 Å².